The van der Waals surface area contributed by atoms with Gasteiger partial charge in [0.1, 0.15) is 29.5 Å². The quantitative estimate of drug-likeness (QED) is 0.184. The third-order valence-electron chi connectivity index (χ3n) is 6.53. The Morgan fingerprint density at radius 1 is 1.02 bits per heavy atom. The Morgan fingerprint density at radius 3 is 2.48 bits per heavy atom. The van der Waals surface area contributed by atoms with Crippen LogP contribution in [0.15, 0.2) is 94.4 Å². The molecule has 0 saturated carbocycles. The molecule has 206 valence electrons. The van der Waals surface area contributed by atoms with Gasteiger partial charge in [0.2, 0.25) is 5.91 Å². The first-order valence-electron chi connectivity index (χ1n) is 12.6. The Kier molecular flexibility index (Phi) is 9.18. The summed E-state index contributed by atoms with van der Waals surface area (Å²) >= 11 is 6.53. The number of hydrogen-bond donors (Lipinski definition) is 1. The van der Waals surface area contributed by atoms with Gasteiger partial charge in [-0.15, -0.1) is 11.8 Å². The highest BCUT2D eigenvalue weighted by Gasteiger charge is 2.54. The Labute approximate surface area is 249 Å². The largest absolute Gasteiger partial charge is 0.497 e. The number of β-lactam (4-membered cyclic amide) rings is 1. The van der Waals surface area contributed by atoms with Crippen molar-refractivity contribution in [2.45, 2.75) is 34.7 Å². The molecule has 2 aliphatic rings. The van der Waals surface area contributed by atoms with Gasteiger partial charge in [0, 0.05) is 20.9 Å². The van der Waals surface area contributed by atoms with Gasteiger partial charge in [-0.3, -0.25) is 14.5 Å². The maximum Gasteiger partial charge on any atom is 0.356 e. The summed E-state index contributed by atoms with van der Waals surface area (Å²) < 4.78 is 10.9. The number of carbonyl (C=O) groups is 3. The minimum absolute atomic E-state index is 0.0549. The molecule has 7 nitrogen and oxygen atoms in total. The van der Waals surface area contributed by atoms with E-state index in [1.54, 1.807) is 19.2 Å². The molecule has 0 aliphatic carbocycles. The second kappa shape index (κ2) is 13.0. The molecule has 2 aliphatic heterocycles. The van der Waals surface area contributed by atoms with Crippen molar-refractivity contribution in [3.05, 3.63) is 106 Å². The zero-order chi connectivity index (χ0) is 28.1. The number of nitrogens with one attached hydrogen (secondary N) is 1. The fraction of sp³-hybridized carbons (Fsp3) is 0.233. The van der Waals surface area contributed by atoms with E-state index in [4.69, 9.17) is 9.47 Å². The number of nitrogens with zero attached hydrogens (tertiary/aromatic N) is 1. The highest BCUT2D eigenvalue weighted by atomic mass is 79.9. The molecule has 40 heavy (non-hydrogen) atoms. The van der Waals surface area contributed by atoms with Gasteiger partial charge in [0.05, 0.1) is 13.5 Å². The summed E-state index contributed by atoms with van der Waals surface area (Å²) in [6.07, 6.45) is 0.180. The maximum atomic E-state index is 13.5. The van der Waals surface area contributed by atoms with Crippen LogP contribution in [0, 0.1) is 0 Å². The fourth-order valence-electron chi connectivity index (χ4n) is 4.45. The molecule has 0 aromatic heterocycles. The van der Waals surface area contributed by atoms with E-state index in [1.807, 2.05) is 66.7 Å². The van der Waals surface area contributed by atoms with Gasteiger partial charge in [-0.05, 0) is 34.9 Å². The average Bonchev–Trinajstić information content (AvgIpc) is 2.99. The number of ether oxygens (including phenoxy) is 2. The van der Waals surface area contributed by atoms with Crippen LogP contribution in [0.5, 0.6) is 5.75 Å². The van der Waals surface area contributed by atoms with Crippen molar-refractivity contribution < 1.29 is 23.9 Å². The first-order chi connectivity index (χ1) is 19.5. The molecule has 2 amide bonds. The van der Waals surface area contributed by atoms with Gasteiger partial charge >= 0.3 is 5.97 Å². The zero-order valence-electron chi connectivity index (χ0n) is 21.7. The lowest BCUT2D eigenvalue weighted by molar-refractivity contribution is -0.153. The van der Waals surface area contributed by atoms with E-state index in [2.05, 4.69) is 21.2 Å². The Morgan fingerprint density at radius 2 is 1.75 bits per heavy atom. The van der Waals surface area contributed by atoms with E-state index in [1.165, 1.54) is 28.4 Å². The number of fused-ring (bicyclic) bond motifs is 1. The molecule has 0 bridgehead atoms. The summed E-state index contributed by atoms with van der Waals surface area (Å²) in [6, 6.07) is 23.9. The summed E-state index contributed by atoms with van der Waals surface area (Å²) in [7, 11) is 1.59. The van der Waals surface area contributed by atoms with Crippen molar-refractivity contribution in [2.24, 2.45) is 0 Å². The van der Waals surface area contributed by atoms with E-state index < -0.39 is 12.0 Å². The molecule has 0 unspecified atom stereocenters. The number of esters is 1. The lowest BCUT2D eigenvalue weighted by atomic mass is 10.0. The number of amides is 2. The number of methoxy groups -OCH3 is 1. The van der Waals surface area contributed by atoms with E-state index >= 15 is 0 Å². The van der Waals surface area contributed by atoms with E-state index in [-0.39, 0.29) is 35.9 Å². The minimum Gasteiger partial charge on any atom is -0.497 e. The van der Waals surface area contributed by atoms with Crippen molar-refractivity contribution in [3.8, 4) is 5.75 Å². The van der Waals surface area contributed by atoms with Crippen LogP contribution < -0.4 is 10.1 Å². The standard InChI is InChI=1S/C30H27BrN2O5S2/c1-37-22-13-11-20(12-14-22)17-38-30(36)27-24(40-23-10-6-5-9-21(23)16-31)18-39-29-26(28(35)33(27)29)32-25(34)15-19-7-3-2-4-8-19/h2-14,26,29H,15-18H2,1H3,(H,32,34)/t26-,29-/m1/s1. The first kappa shape index (κ1) is 28.3. The second-order valence-corrected chi connectivity index (χ2v) is 12.0. The second-order valence-electron chi connectivity index (χ2n) is 9.16. The van der Waals surface area contributed by atoms with Crippen molar-refractivity contribution in [1.29, 1.82) is 0 Å². The highest BCUT2D eigenvalue weighted by molar-refractivity contribution is 9.08. The Balaban J connectivity index is 1.36. The molecule has 1 fully saturated rings. The first-order valence-corrected chi connectivity index (χ1v) is 15.6. The lowest BCUT2D eigenvalue weighted by Gasteiger charge is -2.49. The molecule has 0 radical (unpaired) electrons. The number of benzene rings is 3. The average molecular weight is 640 g/mol. The molecular formula is C30H27BrN2O5S2. The van der Waals surface area contributed by atoms with Crippen LogP contribution in [-0.4, -0.2) is 47.0 Å². The number of halogens is 1. The normalized spacial score (nSPS) is 18.1. The third kappa shape index (κ3) is 6.24. The van der Waals surface area contributed by atoms with Gasteiger partial charge in [0.25, 0.3) is 5.91 Å². The maximum absolute atomic E-state index is 13.5. The number of hydrogen-bond acceptors (Lipinski definition) is 7. The highest BCUT2D eigenvalue weighted by Crippen LogP contribution is 2.46. The smallest absolute Gasteiger partial charge is 0.356 e. The van der Waals surface area contributed by atoms with Gasteiger partial charge in [-0.2, -0.15) is 0 Å². The summed E-state index contributed by atoms with van der Waals surface area (Å²) in [5.41, 5.74) is 2.99. The van der Waals surface area contributed by atoms with Crippen LogP contribution in [0.2, 0.25) is 0 Å². The molecule has 1 N–H and O–H groups in total. The topological polar surface area (TPSA) is 84.9 Å². The summed E-state index contributed by atoms with van der Waals surface area (Å²) in [6.45, 7) is 0.0549. The van der Waals surface area contributed by atoms with Crippen LogP contribution in [-0.2, 0) is 37.5 Å². The summed E-state index contributed by atoms with van der Waals surface area (Å²) in [4.78, 5) is 42.9. The number of thioether (sulfide) groups is 2. The molecule has 0 spiro atoms. The molecule has 2 heterocycles. The Bertz CT molecular complexity index is 1430. The summed E-state index contributed by atoms with van der Waals surface area (Å²) in [5.74, 6) is 0.0991. The molecule has 3 aromatic carbocycles. The third-order valence-corrected chi connectivity index (χ3v) is 9.80. The molecule has 1 saturated heterocycles. The van der Waals surface area contributed by atoms with Crippen LogP contribution in [0.25, 0.3) is 0 Å². The van der Waals surface area contributed by atoms with Crippen molar-refractivity contribution in [3.63, 3.8) is 0 Å². The van der Waals surface area contributed by atoms with Gasteiger partial charge < -0.3 is 14.8 Å². The minimum atomic E-state index is -0.702. The number of carbonyl (C=O) groups excluding carboxylic acids is 3. The number of alkyl halides is 1. The molecule has 3 aromatic rings. The van der Waals surface area contributed by atoms with Crippen molar-refractivity contribution in [1.82, 2.24) is 10.2 Å². The predicted molar refractivity (Wildman–Crippen MR) is 160 cm³/mol. The number of rotatable bonds is 10. The fourth-order valence-corrected chi connectivity index (χ4v) is 7.72. The predicted octanol–water partition coefficient (Wildman–Crippen LogP) is 5.28. The Hall–Kier alpha value is -3.21. The van der Waals surface area contributed by atoms with Gasteiger partial charge in [-0.25, -0.2) is 4.79 Å². The van der Waals surface area contributed by atoms with E-state index in [0.717, 1.165) is 26.5 Å². The summed E-state index contributed by atoms with van der Waals surface area (Å²) in [5, 5.41) is 3.15. The SMILES string of the molecule is COc1ccc(COC(=O)C2=C(Sc3ccccc3CBr)CS[C@@H]3[C@H](NC(=O)Cc4ccccc4)C(=O)N23)cc1. The van der Waals surface area contributed by atoms with Gasteiger partial charge in [-0.1, -0.05) is 88.4 Å². The molecule has 10 heteroatoms. The molecular weight excluding hydrogens is 612 g/mol. The van der Waals surface area contributed by atoms with Crippen LogP contribution in [0.1, 0.15) is 16.7 Å². The molecule has 2 atom stereocenters. The lowest BCUT2D eigenvalue weighted by Crippen LogP contribution is -2.70. The van der Waals surface area contributed by atoms with Crippen LogP contribution in [0.4, 0.5) is 0 Å². The van der Waals surface area contributed by atoms with E-state index in [9.17, 15) is 14.4 Å². The van der Waals surface area contributed by atoms with E-state index in [0.29, 0.717) is 16.8 Å². The van der Waals surface area contributed by atoms with Crippen LogP contribution in [0.3, 0.4) is 0 Å². The van der Waals surface area contributed by atoms with Crippen molar-refractivity contribution >= 4 is 57.2 Å². The van der Waals surface area contributed by atoms with Gasteiger partial charge in [0.15, 0.2) is 0 Å². The monoisotopic (exact) mass is 638 g/mol. The van der Waals surface area contributed by atoms with Crippen molar-refractivity contribution in [2.75, 3.05) is 12.9 Å². The van der Waals surface area contributed by atoms with Crippen LogP contribution >= 0.6 is 39.5 Å². The molecule has 5 rings (SSSR count). The zero-order valence-corrected chi connectivity index (χ0v) is 24.9.